The number of nitrogens with one attached hydrogen (secondary N) is 1. The molecule has 1 rings (SSSR count). The smallest absolute Gasteiger partial charge is 0.243 e. The second kappa shape index (κ2) is 7.10. The molecule has 1 aromatic rings. The van der Waals surface area contributed by atoms with Crippen LogP contribution >= 0.6 is 0 Å². The number of carbonyl (C=O) groups excluding carboxylic acids is 1. The molecular weight excluding hydrogens is 254 g/mol. The van der Waals surface area contributed by atoms with E-state index in [0.29, 0.717) is 11.3 Å². The molecule has 1 atom stereocenters. The fourth-order valence-electron chi connectivity index (χ4n) is 1.55. The first-order valence-corrected chi connectivity index (χ1v) is 6.61. The summed E-state index contributed by atoms with van der Waals surface area (Å²) in [5.41, 5.74) is 0.674. The highest BCUT2D eigenvalue weighted by atomic mass is 16.5. The zero-order valence-electron chi connectivity index (χ0n) is 12.5. The van der Waals surface area contributed by atoms with Gasteiger partial charge in [0.15, 0.2) is 0 Å². The van der Waals surface area contributed by atoms with Crippen LogP contribution in [0.15, 0.2) is 36.4 Å². The minimum absolute atomic E-state index is 0.0389. The maximum Gasteiger partial charge on any atom is 0.243 e. The van der Waals surface area contributed by atoms with Crippen LogP contribution in [0.3, 0.4) is 0 Å². The first-order valence-electron chi connectivity index (χ1n) is 6.61. The van der Waals surface area contributed by atoms with Gasteiger partial charge in [-0.05, 0) is 29.2 Å². The molecule has 4 nitrogen and oxygen atoms in total. The number of methoxy groups -OCH3 is 1. The minimum atomic E-state index is -0.753. The number of allylic oxidation sites excluding steroid dienone is 1. The zero-order valence-corrected chi connectivity index (χ0v) is 12.5. The van der Waals surface area contributed by atoms with Gasteiger partial charge in [0.2, 0.25) is 5.91 Å². The normalized spacial score (nSPS) is 13.2. The molecule has 2 N–H and O–H groups in total. The topological polar surface area (TPSA) is 58.6 Å². The molecule has 0 saturated carbocycles. The molecule has 0 saturated heterocycles. The summed E-state index contributed by atoms with van der Waals surface area (Å²) in [5.74, 6) is 0.474. The maximum absolute atomic E-state index is 11.6. The molecule has 4 heteroatoms. The van der Waals surface area contributed by atoms with Gasteiger partial charge in [-0.1, -0.05) is 39.0 Å². The minimum Gasteiger partial charge on any atom is -0.497 e. The van der Waals surface area contributed by atoms with Crippen LogP contribution in [0.5, 0.6) is 5.75 Å². The van der Waals surface area contributed by atoms with E-state index in [9.17, 15) is 9.90 Å². The predicted molar refractivity (Wildman–Crippen MR) is 79.6 cm³/mol. The molecule has 0 radical (unpaired) electrons. The van der Waals surface area contributed by atoms with Gasteiger partial charge in [0.05, 0.1) is 13.2 Å². The molecule has 1 amide bonds. The number of hydrogen-bond acceptors (Lipinski definition) is 3. The second-order valence-electron chi connectivity index (χ2n) is 5.74. The van der Waals surface area contributed by atoms with Crippen LogP contribution < -0.4 is 10.1 Å². The number of carbonyl (C=O) groups is 1. The lowest BCUT2D eigenvalue weighted by Crippen LogP contribution is -2.27. The van der Waals surface area contributed by atoms with Gasteiger partial charge in [-0.2, -0.15) is 0 Å². The van der Waals surface area contributed by atoms with E-state index >= 15 is 0 Å². The van der Waals surface area contributed by atoms with Crippen molar-refractivity contribution >= 4 is 5.91 Å². The highest BCUT2D eigenvalue weighted by Crippen LogP contribution is 2.18. The van der Waals surface area contributed by atoms with Gasteiger partial charge in [-0.25, -0.2) is 0 Å². The number of hydrogen-bond donors (Lipinski definition) is 2. The van der Waals surface area contributed by atoms with Gasteiger partial charge in [0.1, 0.15) is 5.75 Å². The molecule has 110 valence electrons. The van der Waals surface area contributed by atoms with Gasteiger partial charge < -0.3 is 15.2 Å². The predicted octanol–water partition coefficient (Wildman–Crippen LogP) is 2.45. The van der Waals surface area contributed by atoms with Crippen molar-refractivity contribution in [3.63, 3.8) is 0 Å². The largest absolute Gasteiger partial charge is 0.497 e. The summed E-state index contributed by atoms with van der Waals surface area (Å²) < 4.78 is 5.10. The zero-order chi connectivity index (χ0) is 15.2. The number of amides is 1. The Morgan fingerprint density at radius 1 is 1.45 bits per heavy atom. The Kier molecular flexibility index (Phi) is 5.77. The third-order valence-corrected chi connectivity index (χ3v) is 2.68. The standard InChI is InChI=1S/C16H23NO3/c1-16(2,3)9-8-15(19)17-11-14(18)12-6-5-7-13(10-12)20-4/h5-10,14,18H,11H2,1-4H3,(H,17,19)/b9-8+. The van der Waals surface area contributed by atoms with Gasteiger partial charge >= 0.3 is 0 Å². The van der Waals surface area contributed by atoms with E-state index in [-0.39, 0.29) is 17.9 Å². The van der Waals surface area contributed by atoms with Crippen molar-refractivity contribution in [2.45, 2.75) is 26.9 Å². The number of rotatable bonds is 5. The Morgan fingerprint density at radius 2 is 2.15 bits per heavy atom. The van der Waals surface area contributed by atoms with Crippen LogP contribution in [0.4, 0.5) is 0 Å². The summed E-state index contributed by atoms with van der Waals surface area (Å²) >= 11 is 0. The third kappa shape index (κ3) is 5.89. The van der Waals surface area contributed by atoms with Crippen LogP contribution in [0, 0.1) is 5.41 Å². The Morgan fingerprint density at radius 3 is 2.75 bits per heavy atom. The molecule has 0 fully saturated rings. The van der Waals surface area contributed by atoms with Crippen LogP contribution in [0.1, 0.15) is 32.4 Å². The summed E-state index contributed by atoms with van der Waals surface area (Å²) in [6.45, 7) is 6.21. The molecule has 1 unspecified atom stereocenters. The van der Waals surface area contributed by atoms with Gasteiger partial charge in [0.25, 0.3) is 0 Å². The lowest BCUT2D eigenvalue weighted by atomic mass is 9.96. The molecule has 0 aliphatic rings. The first-order chi connectivity index (χ1) is 9.31. The SMILES string of the molecule is COc1cccc(C(O)CNC(=O)/C=C/C(C)(C)C)c1. The quantitative estimate of drug-likeness (QED) is 0.813. The van der Waals surface area contributed by atoms with E-state index in [1.54, 1.807) is 31.4 Å². The van der Waals surface area contributed by atoms with Gasteiger partial charge in [-0.3, -0.25) is 4.79 Å². The number of benzene rings is 1. The van der Waals surface area contributed by atoms with Crippen molar-refractivity contribution in [1.82, 2.24) is 5.32 Å². The monoisotopic (exact) mass is 277 g/mol. The van der Waals surface area contributed by atoms with Crippen LogP contribution in [0.25, 0.3) is 0 Å². The molecular formula is C16H23NO3. The fraction of sp³-hybridized carbons (Fsp3) is 0.438. The van der Waals surface area contributed by atoms with Crippen molar-refractivity contribution in [2.24, 2.45) is 5.41 Å². The van der Waals surface area contributed by atoms with Crippen molar-refractivity contribution in [3.8, 4) is 5.75 Å². The highest BCUT2D eigenvalue weighted by molar-refractivity contribution is 5.87. The molecule has 0 bridgehead atoms. The van der Waals surface area contributed by atoms with Crippen molar-refractivity contribution in [3.05, 3.63) is 42.0 Å². The molecule has 0 aromatic heterocycles. The van der Waals surface area contributed by atoms with Crippen molar-refractivity contribution < 1.29 is 14.6 Å². The van der Waals surface area contributed by atoms with E-state index in [1.165, 1.54) is 6.08 Å². The molecule has 0 heterocycles. The van der Waals surface area contributed by atoms with E-state index in [1.807, 2.05) is 26.8 Å². The van der Waals surface area contributed by atoms with E-state index < -0.39 is 6.10 Å². The highest BCUT2D eigenvalue weighted by Gasteiger charge is 2.10. The Balaban J connectivity index is 2.52. The summed E-state index contributed by atoms with van der Waals surface area (Å²) in [5, 5.41) is 12.7. The van der Waals surface area contributed by atoms with Crippen LogP contribution in [0.2, 0.25) is 0 Å². The molecule has 1 aromatic carbocycles. The average Bonchev–Trinajstić information content (AvgIpc) is 2.41. The maximum atomic E-state index is 11.6. The molecule has 0 aliphatic heterocycles. The summed E-state index contributed by atoms with van der Waals surface area (Å²) in [6.07, 6.45) is 2.58. The Hall–Kier alpha value is -1.81. The van der Waals surface area contributed by atoms with Crippen LogP contribution in [-0.4, -0.2) is 24.7 Å². The van der Waals surface area contributed by atoms with E-state index in [0.717, 1.165) is 0 Å². The number of ether oxygens (including phenoxy) is 1. The van der Waals surface area contributed by atoms with E-state index in [4.69, 9.17) is 4.74 Å². The summed E-state index contributed by atoms with van der Waals surface area (Å²) in [4.78, 5) is 11.6. The van der Waals surface area contributed by atoms with Crippen molar-refractivity contribution in [1.29, 1.82) is 0 Å². The van der Waals surface area contributed by atoms with Crippen molar-refractivity contribution in [2.75, 3.05) is 13.7 Å². The lowest BCUT2D eigenvalue weighted by Gasteiger charge is -2.13. The summed E-state index contributed by atoms with van der Waals surface area (Å²) in [6, 6.07) is 7.16. The molecule has 0 aliphatic carbocycles. The fourth-order valence-corrected chi connectivity index (χ4v) is 1.55. The number of aliphatic hydroxyl groups excluding tert-OH is 1. The van der Waals surface area contributed by atoms with Gasteiger partial charge in [-0.15, -0.1) is 0 Å². The van der Waals surface area contributed by atoms with Gasteiger partial charge in [0, 0.05) is 6.54 Å². The Bertz CT molecular complexity index is 475. The van der Waals surface area contributed by atoms with E-state index in [2.05, 4.69) is 5.32 Å². The first kappa shape index (κ1) is 16.2. The lowest BCUT2D eigenvalue weighted by molar-refractivity contribution is -0.117. The number of aliphatic hydroxyl groups is 1. The molecule has 20 heavy (non-hydrogen) atoms. The van der Waals surface area contributed by atoms with Crippen LogP contribution in [-0.2, 0) is 4.79 Å². The summed E-state index contributed by atoms with van der Waals surface area (Å²) in [7, 11) is 1.57. The Labute approximate surface area is 120 Å². The average molecular weight is 277 g/mol. The second-order valence-corrected chi connectivity index (χ2v) is 5.74. The molecule has 0 spiro atoms. The third-order valence-electron chi connectivity index (χ3n) is 2.68.